The fraction of sp³-hybridized carbons (Fsp3) is 0.293. The molecule has 228 valence electrons. The van der Waals surface area contributed by atoms with E-state index in [2.05, 4.69) is 122 Å². The number of fused-ring (bicyclic) bond motifs is 6. The number of benzene rings is 5. The largest absolute Gasteiger partial charge is 1.00 e. The third-order valence-electron chi connectivity index (χ3n) is 10.9. The lowest BCUT2D eigenvalue weighted by Gasteiger charge is -2.59. The van der Waals surface area contributed by atoms with Crippen LogP contribution in [-0.2, 0) is 17.9 Å². The lowest BCUT2D eigenvalue weighted by Crippen LogP contribution is -3.00. The van der Waals surface area contributed by atoms with Gasteiger partial charge in [-0.25, -0.2) is 0 Å². The van der Waals surface area contributed by atoms with Crippen LogP contribution in [0, 0.1) is 11.8 Å². The fourth-order valence-corrected chi connectivity index (χ4v) is 8.77. The van der Waals surface area contributed by atoms with E-state index in [1.165, 1.54) is 76.0 Å². The van der Waals surface area contributed by atoms with Gasteiger partial charge in [-0.05, 0) is 63.2 Å². The van der Waals surface area contributed by atoms with Gasteiger partial charge in [0.2, 0.25) is 0 Å². The summed E-state index contributed by atoms with van der Waals surface area (Å²) in [6.07, 6.45) is 5.73. The van der Waals surface area contributed by atoms with Gasteiger partial charge >= 0.3 is 0 Å². The summed E-state index contributed by atoms with van der Waals surface area (Å²) >= 11 is 0. The fourth-order valence-electron chi connectivity index (χ4n) is 8.77. The summed E-state index contributed by atoms with van der Waals surface area (Å²) in [6, 6.07) is 42.3. The Bertz CT molecular complexity index is 1880. The zero-order chi connectivity index (χ0) is 29.5. The summed E-state index contributed by atoms with van der Waals surface area (Å²) in [5, 5.41) is 6.69. The van der Waals surface area contributed by atoms with E-state index in [9.17, 15) is 0 Å². The highest BCUT2D eigenvalue weighted by atomic mass is 79.9. The quantitative estimate of drug-likeness (QED) is 0.135. The van der Waals surface area contributed by atoms with E-state index >= 15 is 0 Å². The Morgan fingerprint density at radius 3 is 2.20 bits per heavy atom. The topological polar surface area (TPSA) is 22.1 Å². The Labute approximate surface area is 277 Å². The number of nitrogens with zero attached hydrogens (tertiary/aromatic N) is 2. The summed E-state index contributed by atoms with van der Waals surface area (Å²) in [7, 11) is 0. The van der Waals surface area contributed by atoms with Crippen LogP contribution in [0.25, 0.3) is 32.4 Å². The summed E-state index contributed by atoms with van der Waals surface area (Å²) < 4.78 is 8.26. The molecule has 3 saturated heterocycles. The number of rotatable bonds is 8. The third kappa shape index (κ3) is 5.48. The lowest BCUT2D eigenvalue weighted by atomic mass is 9.70. The van der Waals surface area contributed by atoms with Crippen LogP contribution in [-0.4, -0.2) is 28.6 Å². The van der Waals surface area contributed by atoms with E-state index in [1.54, 1.807) is 0 Å². The number of aromatic nitrogens is 1. The number of hydrogen-bond acceptors (Lipinski definition) is 2. The normalized spacial score (nSPS) is 23.3. The molecule has 45 heavy (non-hydrogen) atoms. The Morgan fingerprint density at radius 2 is 1.47 bits per heavy atom. The molecule has 4 heteroatoms. The van der Waals surface area contributed by atoms with Crippen molar-refractivity contribution < 1.29 is 26.2 Å². The van der Waals surface area contributed by atoms with Crippen molar-refractivity contribution in [3.63, 3.8) is 0 Å². The van der Waals surface area contributed by atoms with Crippen LogP contribution < -0.4 is 17.0 Å². The molecule has 0 saturated carbocycles. The standard InChI is InChI=1S/C41H41N2O.BrH/c1-2-30-26-43(27-38-34-16-8-6-14-32(34)24-33-15-7-9-17-35(33)38)23-21-31(30)25-40(43)41(44-28-29-12-4-3-5-13-29)37-20-22-42-39-19-11-10-18-36(37)39;/h3-20,22,24,30-31,40-41H,2,21,23,25-28H2,1H3;1H/q+1;/p-1/t30-,31+,40+,41-,43+;/m1./s1. The van der Waals surface area contributed by atoms with Crippen molar-refractivity contribution in [2.45, 2.75) is 51.5 Å². The van der Waals surface area contributed by atoms with Crippen molar-refractivity contribution in [2.24, 2.45) is 11.8 Å². The second kappa shape index (κ2) is 12.7. The maximum absolute atomic E-state index is 7.18. The third-order valence-corrected chi connectivity index (χ3v) is 10.9. The van der Waals surface area contributed by atoms with Crippen LogP contribution in [0.2, 0.25) is 0 Å². The maximum atomic E-state index is 7.18. The molecule has 9 rings (SSSR count). The van der Waals surface area contributed by atoms with E-state index in [-0.39, 0.29) is 23.1 Å². The van der Waals surface area contributed by atoms with Crippen LogP contribution in [0.5, 0.6) is 0 Å². The summed E-state index contributed by atoms with van der Waals surface area (Å²) in [4.78, 5) is 4.75. The van der Waals surface area contributed by atoms with E-state index in [0.717, 1.165) is 28.4 Å². The number of hydrogen-bond donors (Lipinski definition) is 0. The molecule has 0 unspecified atom stereocenters. The van der Waals surface area contributed by atoms with Crippen molar-refractivity contribution >= 4 is 32.4 Å². The first-order valence-corrected chi connectivity index (χ1v) is 16.5. The number of halogens is 1. The highest BCUT2D eigenvalue weighted by Crippen LogP contribution is 2.50. The highest BCUT2D eigenvalue weighted by Gasteiger charge is 2.55. The number of para-hydroxylation sites is 1. The number of quaternary nitrogens is 1. The summed E-state index contributed by atoms with van der Waals surface area (Å²) in [6.45, 7) is 6.47. The molecule has 0 aliphatic carbocycles. The van der Waals surface area contributed by atoms with Crippen molar-refractivity contribution in [3.05, 3.63) is 138 Å². The molecule has 1 aromatic heterocycles. The van der Waals surface area contributed by atoms with Crippen LogP contribution in [0.4, 0.5) is 0 Å². The molecule has 6 aromatic rings. The highest BCUT2D eigenvalue weighted by molar-refractivity contribution is 6.02. The Morgan fingerprint density at radius 1 is 0.800 bits per heavy atom. The summed E-state index contributed by atoms with van der Waals surface area (Å²) in [5.74, 6) is 1.51. The molecular weight excluding hydrogens is 616 g/mol. The van der Waals surface area contributed by atoms with E-state index < -0.39 is 0 Å². The average Bonchev–Trinajstić information content (AvgIpc) is 3.09. The van der Waals surface area contributed by atoms with Crippen LogP contribution in [0.3, 0.4) is 0 Å². The second-order valence-corrected chi connectivity index (χ2v) is 13.2. The molecule has 4 heterocycles. The molecule has 0 N–H and O–H groups in total. The predicted molar refractivity (Wildman–Crippen MR) is 181 cm³/mol. The zero-order valence-corrected chi connectivity index (χ0v) is 27.6. The van der Waals surface area contributed by atoms with Gasteiger partial charge in [-0.3, -0.25) is 4.98 Å². The molecule has 0 radical (unpaired) electrons. The Kier molecular flexibility index (Phi) is 8.48. The SMILES string of the molecule is CC[C@@H]1C[N@+]2(Cc3c4ccccc4cc4ccccc34)CC[C@H]1C[C@H]2[C@H](OCc1ccccc1)c1ccnc2ccccc12.[Br-]. The first-order valence-electron chi connectivity index (χ1n) is 16.5. The zero-order valence-electron chi connectivity index (χ0n) is 26.0. The predicted octanol–water partition coefficient (Wildman–Crippen LogP) is 6.64. The van der Waals surface area contributed by atoms with E-state index in [1.807, 2.05) is 6.20 Å². The molecule has 0 amide bonds. The first-order chi connectivity index (χ1) is 21.7. The van der Waals surface area contributed by atoms with Gasteiger partial charge in [0.15, 0.2) is 0 Å². The minimum absolute atomic E-state index is 0. The lowest BCUT2D eigenvalue weighted by molar-refractivity contribution is -0.985. The van der Waals surface area contributed by atoms with Gasteiger partial charge in [-0.15, -0.1) is 0 Å². The van der Waals surface area contributed by atoms with Gasteiger partial charge in [-0.2, -0.15) is 0 Å². The minimum atomic E-state index is -0.0232. The monoisotopic (exact) mass is 656 g/mol. The van der Waals surface area contributed by atoms with Gasteiger partial charge in [0.25, 0.3) is 0 Å². The van der Waals surface area contributed by atoms with Crippen molar-refractivity contribution in [3.8, 4) is 0 Å². The number of pyridine rings is 1. The first kappa shape index (κ1) is 30.1. The molecule has 3 nitrogen and oxygen atoms in total. The Balaban J connectivity index is 0.00000325. The summed E-state index contributed by atoms with van der Waals surface area (Å²) in [5.41, 5.74) is 5.06. The number of piperidine rings is 3. The van der Waals surface area contributed by atoms with Gasteiger partial charge in [-0.1, -0.05) is 104 Å². The Hall–Kier alpha value is -3.57. The molecule has 2 bridgehead atoms. The molecule has 0 spiro atoms. The van der Waals surface area contributed by atoms with Gasteiger partial charge < -0.3 is 26.2 Å². The van der Waals surface area contributed by atoms with Gasteiger partial charge in [0, 0.05) is 35.9 Å². The van der Waals surface area contributed by atoms with Gasteiger partial charge in [0.05, 0.1) is 25.2 Å². The average molecular weight is 658 g/mol. The minimum Gasteiger partial charge on any atom is -1.00 e. The second-order valence-electron chi connectivity index (χ2n) is 13.2. The van der Waals surface area contributed by atoms with Crippen molar-refractivity contribution in [1.29, 1.82) is 0 Å². The van der Waals surface area contributed by atoms with Crippen molar-refractivity contribution in [1.82, 2.24) is 4.98 Å². The van der Waals surface area contributed by atoms with Crippen molar-refractivity contribution in [2.75, 3.05) is 13.1 Å². The molecule has 5 atom stereocenters. The smallest absolute Gasteiger partial charge is 0.135 e. The van der Waals surface area contributed by atoms with E-state index in [0.29, 0.717) is 12.6 Å². The molecule has 3 fully saturated rings. The van der Waals surface area contributed by atoms with Crippen LogP contribution in [0.15, 0.2) is 121 Å². The maximum Gasteiger partial charge on any atom is 0.135 e. The molecule has 3 aliphatic heterocycles. The molecular formula is C41H41BrN2O. The van der Waals surface area contributed by atoms with Gasteiger partial charge in [0.1, 0.15) is 18.7 Å². The van der Waals surface area contributed by atoms with E-state index in [4.69, 9.17) is 9.72 Å². The molecule has 3 aliphatic rings. The van der Waals surface area contributed by atoms with Crippen LogP contribution in [0.1, 0.15) is 49.0 Å². The van der Waals surface area contributed by atoms with Crippen LogP contribution >= 0.6 is 0 Å². The number of ether oxygens (including phenoxy) is 1. The molecule has 5 aromatic carbocycles.